The van der Waals surface area contributed by atoms with Crippen molar-refractivity contribution in [1.29, 1.82) is 0 Å². The van der Waals surface area contributed by atoms with E-state index in [2.05, 4.69) is 20.4 Å². The number of hydrogen-bond acceptors (Lipinski definition) is 4. The van der Waals surface area contributed by atoms with Crippen molar-refractivity contribution in [1.82, 2.24) is 19.7 Å². The molecule has 0 saturated heterocycles. The Balaban J connectivity index is 2.12. The summed E-state index contributed by atoms with van der Waals surface area (Å²) in [5.41, 5.74) is 6.40. The quantitative estimate of drug-likeness (QED) is 0.696. The number of nitrogen functional groups attached to an aromatic ring is 1. The Morgan fingerprint density at radius 2 is 2.40 bits per heavy atom. The Kier molecular flexibility index (Phi) is 2.32. The monoisotopic (exact) mass is 206 g/mol. The average Bonchev–Trinajstić information content (AvgIpc) is 2.76. The van der Waals surface area contributed by atoms with Gasteiger partial charge < -0.3 is 16.0 Å². The van der Waals surface area contributed by atoms with Gasteiger partial charge in [-0.25, -0.2) is 4.98 Å². The standard InChI is InChI=1S/C9H14N6/c1-6(8-11-3-4-12-8)13-9-7(10)5-15(2)14-9/h3-6H,10H2,1-2H3,(H,11,12)(H,13,14). The minimum Gasteiger partial charge on any atom is -0.394 e. The maximum Gasteiger partial charge on any atom is 0.171 e. The molecule has 4 N–H and O–H groups in total. The molecule has 2 heterocycles. The third kappa shape index (κ3) is 1.93. The first-order valence-electron chi connectivity index (χ1n) is 4.71. The smallest absolute Gasteiger partial charge is 0.171 e. The third-order valence-electron chi connectivity index (χ3n) is 2.14. The van der Waals surface area contributed by atoms with Crippen LogP contribution in [0.15, 0.2) is 18.6 Å². The summed E-state index contributed by atoms with van der Waals surface area (Å²) in [6, 6.07) is 0.0530. The summed E-state index contributed by atoms with van der Waals surface area (Å²) in [6.07, 6.45) is 5.27. The second-order valence-corrected chi connectivity index (χ2v) is 3.45. The van der Waals surface area contributed by atoms with Gasteiger partial charge in [-0.15, -0.1) is 0 Å². The maximum atomic E-state index is 5.77. The molecule has 1 atom stereocenters. The first kappa shape index (κ1) is 9.57. The van der Waals surface area contributed by atoms with Crippen molar-refractivity contribution < 1.29 is 0 Å². The first-order valence-corrected chi connectivity index (χ1v) is 4.71. The molecule has 0 aliphatic carbocycles. The van der Waals surface area contributed by atoms with Gasteiger partial charge >= 0.3 is 0 Å². The van der Waals surface area contributed by atoms with Gasteiger partial charge in [0.25, 0.3) is 0 Å². The van der Waals surface area contributed by atoms with E-state index in [4.69, 9.17) is 5.73 Å². The fraction of sp³-hybridized carbons (Fsp3) is 0.333. The van der Waals surface area contributed by atoms with Gasteiger partial charge in [0.15, 0.2) is 5.82 Å². The molecule has 0 radical (unpaired) electrons. The number of aryl methyl sites for hydroxylation is 1. The molecule has 0 bridgehead atoms. The number of nitrogens with one attached hydrogen (secondary N) is 2. The van der Waals surface area contributed by atoms with Crippen LogP contribution in [-0.4, -0.2) is 19.7 Å². The number of H-pyrrole nitrogens is 1. The molecule has 0 spiro atoms. The van der Waals surface area contributed by atoms with Crippen molar-refractivity contribution in [2.75, 3.05) is 11.1 Å². The van der Waals surface area contributed by atoms with Crippen molar-refractivity contribution in [3.63, 3.8) is 0 Å². The molecule has 6 heteroatoms. The molecule has 1 unspecified atom stereocenters. The van der Waals surface area contributed by atoms with Crippen molar-refractivity contribution >= 4 is 11.5 Å². The van der Waals surface area contributed by atoms with Crippen LogP contribution in [0.4, 0.5) is 11.5 Å². The van der Waals surface area contributed by atoms with E-state index < -0.39 is 0 Å². The minimum absolute atomic E-state index is 0.0530. The number of nitrogens with two attached hydrogens (primary N) is 1. The van der Waals surface area contributed by atoms with E-state index in [1.54, 1.807) is 23.3 Å². The highest BCUT2D eigenvalue weighted by atomic mass is 15.3. The van der Waals surface area contributed by atoms with Crippen molar-refractivity contribution in [3.8, 4) is 0 Å². The van der Waals surface area contributed by atoms with E-state index in [0.717, 1.165) is 5.82 Å². The van der Waals surface area contributed by atoms with Crippen LogP contribution in [-0.2, 0) is 7.05 Å². The van der Waals surface area contributed by atoms with E-state index in [9.17, 15) is 0 Å². The van der Waals surface area contributed by atoms with Gasteiger partial charge in [0.05, 0.1) is 11.7 Å². The number of aromatic amines is 1. The van der Waals surface area contributed by atoms with Crippen LogP contribution in [0.1, 0.15) is 18.8 Å². The molecular formula is C9H14N6. The van der Waals surface area contributed by atoms with Gasteiger partial charge in [-0.2, -0.15) is 5.10 Å². The molecule has 0 aliphatic heterocycles. The van der Waals surface area contributed by atoms with E-state index in [1.165, 1.54) is 0 Å². The molecule has 0 aliphatic rings. The van der Waals surface area contributed by atoms with Crippen molar-refractivity contribution in [3.05, 3.63) is 24.4 Å². The Bertz CT molecular complexity index is 429. The molecule has 0 aromatic carbocycles. The fourth-order valence-corrected chi connectivity index (χ4v) is 1.41. The molecule has 2 aromatic heterocycles. The van der Waals surface area contributed by atoms with E-state index in [0.29, 0.717) is 11.5 Å². The van der Waals surface area contributed by atoms with E-state index in [-0.39, 0.29) is 6.04 Å². The Morgan fingerprint density at radius 1 is 1.60 bits per heavy atom. The lowest BCUT2D eigenvalue weighted by Crippen LogP contribution is -2.10. The highest BCUT2D eigenvalue weighted by Gasteiger charge is 2.11. The van der Waals surface area contributed by atoms with Gasteiger partial charge in [-0.05, 0) is 6.92 Å². The largest absolute Gasteiger partial charge is 0.394 e. The number of imidazole rings is 1. The third-order valence-corrected chi connectivity index (χ3v) is 2.14. The second kappa shape index (κ2) is 3.64. The lowest BCUT2D eigenvalue weighted by molar-refractivity contribution is 0.750. The van der Waals surface area contributed by atoms with Crippen molar-refractivity contribution in [2.45, 2.75) is 13.0 Å². The number of rotatable bonds is 3. The molecule has 2 rings (SSSR count). The zero-order valence-electron chi connectivity index (χ0n) is 8.73. The van der Waals surface area contributed by atoms with Crippen LogP contribution in [0.3, 0.4) is 0 Å². The lowest BCUT2D eigenvalue weighted by Gasteiger charge is -2.10. The highest BCUT2D eigenvalue weighted by molar-refractivity contribution is 5.60. The van der Waals surface area contributed by atoms with Gasteiger partial charge in [-0.1, -0.05) is 0 Å². The normalized spacial score (nSPS) is 12.7. The first-order chi connectivity index (χ1) is 7.16. The molecular weight excluding hydrogens is 192 g/mol. The minimum atomic E-state index is 0.0530. The summed E-state index contributed by atoms with van der Waals surface area (Å²) in [6.45, 7) is 1.99. The topological polar surface area (TPSA) is 84.6 Å². The van der Waals surface area contributed by atoms with Gasteiger partial charge in [0.2, 0.25) is 0 Å². The average molecular weight is 206 g/mol. The number of nitrogens with zero attached hydrogens (tertiary/aromatic N) is 3. The number of hydrogen-bond donors (Lipinski definition) is 3. The highest BCUT2D eigenvalue weighted by Crippen LogP contribution is 2.19. The predicted octanol–water partition coefficient (Wildman–Crippen LogP) is 0.898. The molecule has 15 heavy (non-hydrogen) atoms. The lowest BCUT2D eigenvalue weighted by atomic mass is 10.3. The van der Waals surface area contributed by atoms with Gasteiger partial charge in [-0.3, -0.25) is 4.68 Å². The summed E-state index contributed by atoms with van der Waals surface area (Å²) >= 11 is 0. The Hall–Kier alpha value is -1.98. The van der Waals surface area contributed by atoms with Crippen LogP contribution >= 0.6 is 0 Å². The van der Waals surface area contributed by atoms with Crippen LogP contribution in [0.25, 0.3) is 0 Å². The fourth-order valence-electron chi connectivity index (χ4n) is 1.41. The zero-order chi connectivity index (χ0) is 10.8. The van der Waals surface area contributed by atoms with E-state index in [1.807, 2.05) is 14.0 Å². The SMILES string of the molecule is CC(Nc1nn(C)cc1N)c1ncc[nH]1. The predicted molar refractivity (Wildman–Crippen MR) is 58.2 cm³/mol. The summed E-state index contributed by atoms with van der Waals surface area (Å²) in [5, 5.41) is 7.38. The Labute approximate surface area is 87.5 Å². The molecule has 80 valence electrons. The molecule has 0 fully saturated rings. The van der Waals surface area contributed by atoms with Crippen LogP contribution in [0.2, 0.25) is 0 Å². The van der Waals surface area contributed by atoms with Gasteiger partial charge in [0, 0.05) is 25.6 Å². The second-order valence-electron chi connectivity index (χ2n) is 3.45. The van der Waals surface area contributed by atoms with Crippen LogP contribution in [0, 0.1) is 0 Å². The van der Waals surface area contributed by atoms with Crippen LogP contribution in [0.5, 0.6) is 0 Å². The summed E-state index contributed by atoms with van der Waals surface area (Å²) in [5.74, 6) is 1.54. The van der Waals surface area contributed by atoms with Crippen LogP contribution < -0.4 is 11.1 Å². The zero-order valence-corrected chi connectivity index (χ0v) is 8.73. The molecule has 6 nitrogen and oxygen atoms in total. The Morgan fingerprint density at radius 3 is 2.93 bits per heavy atom. The summed E-state index contributed by atoms with van der Waals surface area (Å²) < 4.78 is 1.67. The number of aromatic nitrogens is 4. The van der Waals surface area contributed by atoms with Gasteiger partial charge in [0.1, 0.15) is 5.82 Å². The summed E-state index contributed by atoms with van der Waals surface area (Å²) in [4.78, 5) is 7.19. The molecule has 2 aromatic rings. The molecule has 0 saturated carbocycles. The van der Waals surface area contributed by atoms with E-state index >= 15 is 0 Å². The number of anilines is 2. The van der Waals surface area contributed by atoms with Crippen molar-refractivity contribution in [2.24, 2.45) is 7.05 Å². The maximum absolute atomic E-state index is 5.77. The summed E-state index contributed by atoms with van der Waals surface area (Å²) in [7, 11) is 1.83. The molecule has 0 amide bonds.